The number of hydrogen-bond donors (Lipinski definition) is 3. The summed E-state index contributed by atoms with van der Waals surface area (Å²) in [5.41, 5.74) is 9.10. The molecule has 1 aliphatic rings. The molecule has 5 heteroatoms. The maximum Gasteiger partial charge on any atom is 0.330 e. The second-order valence-electron chi connectivity index (χ2n) is 2.96. The molecule has 4 N–H and O–H groups in total. The van der Waals surface area contributed by atoms with E-state index in [1.807, 2.05) is 0 Å². The molecule has 0 saturated heterocycles. The van der Waals surface area contributed by atoms with E-state index in [0.717, 1.165) is 25.7 Å². The molecule has 0 aromatic rings. The molecule has 1 rings (SSSR count). The van der Waals surface area contributed by atoms with Crippen molar-refractivity contribution in [3.8, 4) is 0 Å². The van der Waals surface area contributed by atoms with Gasteiger partial charge < -0.3 is 5.73 Å². The molecule has 1 aliphatic carbocycles. The highest BCUT2D eigenvalue weighted by molar-refractivity contribution is 5.82. The van der Waals surface area contributed by atoms with Crippen LogP contribution in [-0.2, 0) is 4.79 Å². The van der Waals surface area contributed by atoms with Crippen LogP contribution >= 0.6 is 0 Å². The molecule has 12 heavy (non-hydrogen) atoms. The fourth-order valence-corrected chi connectivity index (χ4v) is 1.41. The zero-order valence-corrected chi connectivity index (χ0v) is 6.80. The fourth-order valence-electron chi connectivity index (χ4n) is 1.41. The number of hydrazine groups is 1. The van der Waals surface area contributed by atoms with Gasteiger partial charge in [0.2, 0.25) is 5.91 Å². The molecule has 0 aliphatic heterocycles. The van der Waals surface area contributed by atoms with Gasteiger partial charge in [-0.2, -0.15) is 0 Å². The first-order valence-electron chi connectivity index (χ1n) is 4.05. The SMILES string of the molecule is NC(=O)NNC(=O)C1CCCC1. The Morgan fingerprint density at radius 1 is 1.17 bits per heavy atom. The van der Waals surface area contributed by atoms with Gasteiger partial charge in [0.1, 0.15) is 0 Å². The van der Waals surface area contributed by atoms with Gasteiger partial charge in [-0.1, -0.05) is 12.8 Å². The van der Waals surface area contributed by atoms with Crippen LogP contribution in [0.15, 0.2) is 0 Å². The van der Waals surface area contributed by atoms with Crippen LogP contribution in [0.3, 0.4) is 0 Å². The number of hydrogen-bond acceptors (Lipinski definition) is 2. The van der Waals surface area contributed by atoms with E-state index < -0.39 is 6.03 Å². The van der Waals surface area contributed by atoms with Gasteiger partial charge in [0.05, 0.1) is 0 Å². The Balaban J connectivity index is 2.23. The summed E-state index contributed by atoms with van der Waals surface area (Å²) in [5.74, 6) is -0.0804. The number of carbonyl (C=O) groups excluding carboxylic acids is 2. The summed E-state index contributed by atoms with van der Waals surface area (Å²) in [6.07, 6.45) is 4.00. The van der Waals surface area contributed by atoms with Crippen LogP contribution in [0.2, 0.25) is 0 Å². The van der Waals surface area contributed by atoms with Gasteiger partial charge in [-0.3, -0.25) is 10.2 Å². The Labute approximate surface area is 70.7 Å². The number of urea groups is 1. The molecule has 68 valence electrons. The number of nitrogens with two attached hydrogens (primary N) is 1. The number of nitrogens with one attached hydrogen (secondary N) is 2. The van der Waals surface area contributed by atoms with Crippen molar-refractivity contribution < 1.29 is 9.59 Å². The lowest BCUT2D eigenvalue weighted by atomic mass is 10.1. The Kier molecular flexibility index (Phi) is 2.90. The third kappa shape index (κ3) is 2.41. The summed E-state index contributed by atoms with van der Waals surface area (Å²) in [6, 6.07) is -0.735. The van der Waals surface area contributed by atoms with Gasteiger partial charge in [0, 0.05) is 5.92 Å². The Bertz CT molecular complexity index is 187. The zero-order chi connectivity index (χ0) is 8.97. The van der Waals surface area contributed by atoms with Crippen LogP contribution < -0.4 is 16.6 Å². The monoisotopic (exact) mass is 171 g/mol. The van der Waals surface area contributed by atoms with Crippen molar-refractivity contribution in [2.24, 2.45) is 11.7 Å². The smallest absolute Gasteiger partial charge is 0.330 e. The lowest BCUT2D eigenvalue weighted by molar-refractivity contribution is -0.125. The summed E-state index contributed by atoms with van der Waals surface area (Å²) >= 11 is 0. The summed E-state index contributed by atoms with van der Waals surface area (Å²) in [5, 5.41) is 0. The van der Waals surface area contributed by atoms with E-state index in [9.17, 15) is 9.59 Å². The molecule has 0 radical (unpaired) electrons. The molecule has 0 bridgehead atoms. The number of primary amides is 1. The van der Waals surface area contributed by atoms with Gasteiger partial charge in [-0.05, 0) is 12.8 Å². The van der Waals surface area contributed by atoms with Gasteiger partial charge in [-0.25, -0.2) is 10.2 Å². The molecule has 0 aromatic heterocycles. The highest BCUT2D eigenvalue weighted by atomic mass is 16.2. The second kappa shape index (κ2) is 3.94. The lowest BCUT2D eigenvalue weighted by Gasteiger charge is -2.09. The minimum absolute atomic E-state index is 0.0526. The van der Waals surface area contributed by atoms with Gasteiger partial charge in [0.25, 0.3) is 0 Å². The van der Waals surface area contributed by atoms with Gasteiger partial charge in [-0.15, -0.1) is 0 Å². The van der Waals surface area contributed by atoms with Crippen molar-refractivity contribution in [2.45, 2.75) is 25.7 Å². The Morgan fingerprint density at radius 2 is 1.75 bits per heavy atom. The third-order valence-corrected chi connectivity index (χ3v) is 2.03. The molecule has 5 nitrogen and oxygen atoms in total. The predicted molar refractivity (Wildman–Crippen MR) is 42.8 cm³/mol. The average molecular weight is 171 g/mol. The predicted octanol–water partition coefficient (Wildman–Crippen LogP) is -0.124. The zero-order valence-electron chi connectivity index (χ0n) is 6.80. The standard InChI is InChI=1S/C7H13N3O2/c8-7(12)10-9-6(11)5-3-1-2-4-5/h5H,1-4H2,(H,9,11)(H3,8,10,12). The Hall–Kier alpha value is -1.26. The Morgan fingerprint density at radius 3 is 2.25 bits per heavy atom. The highest BCUT2D eigenvalue weighted by Gasteiger charge is 2.22. The van der Waals surface area contributed by atoms with Gasteiger partial charge in [0.15, 0.2) is 0 Å². The van der Waals surface area contributed by atoms with E-state index in [1.165, 1.54) is 0 Å². The van der Waals surface area contributed by atoms with Crippen molar-refractivity contribution in [3.63, 3.8) is 0 Å². The van der Waals surface area contributed by atoms with E-state index in [0.29, 0.717) is 0 Å². The highest BCUT2D eigenvalue weighted by Crippen LogP contribution is 2.24. The molecule has 0 spiro atoms. The normalized spacial score (nSPS) is 17.3. The minimum Gasteiger partial charge on any atom is -0.350 e. The van der Waals surface area contributed by atoms with Crippen molar-refractivity contribution in [1.82, 2.24) is 10.9 Å². The van der Waals surface area contributed by atoms with E-state index in [2.05, 4.69) is 10.9 Å². The van der Waals surface area contributed by atoms with Crippen LogP contribution in [0.5, 0.6) is 0 Å². The minimum atomic E-state index is -0.735. The topological polar surface area (TPSA) is 84.2 Å². The second-order valence-corrected chi connectivity index (χ2v) is 2.96. The largest absolute Gasteiger partial charge is 0.350 e. The molecule has 0 unspecified atom stereocenters. The molecule has 3 amide bonds. The lowest BCUT2D eigenvalue weighted by Crippen LogP contribution is -2.46. The maximum atomic E-state index is 11.2. The molecule has 0 atom stereocenters. The summed E-state index contributed by atoms with van der Waals surface area (Å²) in [7, 11) is 0. The van der Waals surface area contributed by atoms with Crippen LogP contribution in [0.1, 0.15) is 25.7 Å². The molecular weight excluding hydrogens is 158 g/mol. The maximum absolute atomic E-state index is 11.2. The van der Waals surface area contributed by atoms with Crippen molar-refractivity contribution >= 4 is 11.9 Å². The van der Waals surface area contributed by atoms with Gasteiger partial charge >= 0.3 is 6.03 Å². The van der Waals surface area contributed by atoms with E-state index >= 15 is 0 Å². The number of rotatable bonds is 1. The number of carbonyl (C=O) groups is 2. The van der Waals surface area contributed by atoms with Crippen molar-refractivity contribution in [3.05, 3.63) is 0 Å². The average Bonchev–Trinajstić information content (AvgIpc) is 2.51. The summed E-state index contributed by atoms with van der Waals surface area (Å²) in [4.78, 5) is 21.4. The van der Waals surface area contributed by atoms with Crippen LogP contribution in [0, 0.1) is 5.92 Å². The third-order valence-electron chi connectivity index (χ3n) is 2.03. The first kappa shape index (κ1) is 8.83. The van der Waals surface area contributed by atoms with E-state index in [1.54, 1.807) is 0 Å². The molecule has 0 aromatic carbocycles. The first-order chi connectivity index (χ1) is 5.70. The molecule has 1 fully saturated rings. The fraction of sp³-hybridized carbons (Fsp3) is 0.714. The molecular formula is C7H13N3O2. The summed E-state index contributed by atoms with van der Waals surface area (Å²) < 4.78 is 0. The molecule has 0 heterocycles. The van der Waals surface area contributed by atoms with Crippen LogP contribution in [0.4, 0.5) is 4.79 Å². The van der Waals surface area contributed by atoms with Crippen molar-refractivity contribution in [1.29, 1.82) is 0 Å². The summed E-state index contributed by atoms with van der Waals surface area (Å²) in [6.45, 7) is 0. The number of amides is 3. The van der Waals surface area contributed by atoms with Crippen LogP contribution in [-0.4, -0.2) is 11.9 Å². The van der Waals surface area contributed by atoms with E-state index in [-0.39, 0.29) is 11.8 Å². The van der Waals surface area contributed by atoms with Crippen LogP contribution in [0.25, 0.3) is 0 Å². The van der Waals surface area contributed by atoms with Crippen molar-refractivity contribution in [2.75, 3.05) is 0 Å². The first-order valence-corrected chi connectivity index (χ1v) is 4.05. The van der Waals surface area contributed by atoms with E-state index in [4.69, 9.17) is 5.73 Å². The quantitative estimate of drug-likeness (QED) is 0.480. The molecule has 1 saturated carbocycles.